The largest absolute Gasteiger partial charge is 0.493 e. The molecule has 0 saturated carbocycles. The molecule has 13 heteroatoms. The molecule has 410 valence electrons. The summed E-state index contributed by atoms with van der Waals surface area (Å²) in [7, 11) is 3.52. The zero-order chi connectivity index (χ0) is 53.5. The standard InChI is InChI=1S/C21H28O3.C15H23NO3.C14H22O3.C11H16O3/c1-2-14-23-20-12-9-13-21(17-20)24-16-8-4-7-15-22-18-19-10-5-3-6-11-19;1-4-10-18-13-7-5-8-14(12-13)19-11-6-9-15(17)16(2)3;1-2-10-16-13-7-6-8-14(12-13)17-11-5-3-4-9-15;1-2-7-13-10-4-3-5-11(9-10)14-8-6-12/h3,5-6,9-13,17H,2,4,7-8,14-16,18H2,1H3;5,7-8,12H,4,6,9-11H2,1-3H3;6-8,12,15H,2-5,9-11H2,1H3;3-5,9,12H,2,6-8H2,1H3. The van der Waals surface area contributed by atoms with Gasteiger partial charge in [-0.15, -0.1) is 0 Å². The Hall–Kier alpha value is -6.15. The summed E-state index contributed by atoms with van der Waals surface area (Å²) in [5.74, 6) is 6.74. The van der Waals surface area contributed by atoms with Gasteiger partial charge in [0.25, 0.3) is 0 Å². The van der Waals surface area contributed by atoms with Crippen LogP contribution in [0.15, 0.2) is 127 Å². The van der Waals surface area contributed by atoms with Crippen LogP contribution in [0.4, 0.5) is 0 Å². The molecule has 0 unspecified atom stereocenters. The molecule has 0 atom stereocenters. The third-order valence-corrected chi connectivity index (χ3v) is 10.2. The fourth-order valence-electron chi connectivity index (χ4n) is 6.31. The first-order valence-corrected chi connectivity index (χ1v) is 26.7. The van der Waals surface area contributed by atoms with Crippen LogP contribution in [0.25, 0.3) is 0 Å². The highest BCUT2D eigenvalue weighted by molar-refractivity contribution is 5.75. The molecule has 0 bridgehead atoms. The molecule has 0 aromatic heterocycles. The molecule has 5 aromatic carbocycles. The summed E-state index contributed by atoms with van der Waals surface area (Å²) in [6, 6.07) is 40.9. The van der Waals surface area contributed by atoms with Gasteiger partial charge in [0.1, 0.15) is 52.6 Å². The predicted octanol–water partition coefficient (Wildman–Crippen LogP) is 12.8. The van der Waals surface area contributed by atoms with E-state index in [-0.39, 0.29) is 19.1 Å². The van der Waals surface area contributed by atoms with Crippen LogP contribution in [0.1, 0.15) is 110 Å². The van der Waals surface area contributed by atoms with E-state index < -0.39 is 0 Å². The first kappa shape index (κ1) is 64.0. The van der Waals surface area contributed by atoms with Crippen molar-refractivity contribution in [2.24, 2.45) is 0 Å². The van der Waals surface area contributed by atoms with E-state index in [1.807, 2.05) is 115 Å². The van der Waals surface area contributed by atoms with Crippen molar-refractivity contribution in [3.8, 4) is 46.0 Å². The van der Waals surface area contributed by atoms with E-state index in [1.54, 1.807) is 19.0 Å². The quantitative estimate of drug-likeness (QED) is 0.0373. The summed E-state index contributed by atoms with van der Waals surface area (Å²) in [5, 5.41) is 17.2. The Morgan fingerprint density at radius 1 is 0.378 bits per heavy atom. The van der Waals surface area contributed by atoms with Crippen LogP contribution in [-0.2, 0) is 16.1 Å². The van der Waals surface area contributed by atoms with Crippen molar-refractivity contribution >= 4 is 5.91 Å². The molecule has 74 heavy (non-hydrogen) atoms. The number of hydrogen-bond acceptors (Lipinski definition) is 12. The smallest absolute Gasteiger partial charge is 0.222 e. The van der Waals surface area contributed by atoms with Crippen molar-refractivity contribution in [1.29, 1.82) is 0 Å². The van der Waals surface area contributed by atoms with Crippen LogP contribution >= 0.6 is 0 Å². The van der Waals surface area contributed by atoms with Crippen LogP contribution < -0.4 is 37.9 Å². The Bertz CT molecular complexity index is 2060. The van der Waals surface area contributed by atoms with E-state index in [0.717, 1.165) is 143 Å². The Balaban J connectivity index is 0.000000344. The Labute approximate surface area is 444 Å². The highest BCUT2D eigenvalue weighted by Crippen LogP contribution is 2.23. The number of amides is 1. The van der Waals surface area contributed by atoms with Gasteiger partial charge in [0, 0.05) is 58.0 Å². The number of aliphatic hydroxyl groups is 2. The second-order valence-electron chi connectivity index (χ2n) is 17.2. The van der Waals surface area contributed by atoms with Crippen LogP contribution in [0.2, 0.25) is 0 Å². The SMILES string of the molecule is CCCOc1cccc(OCCCC(=O)N(C)C)c1.CCCOc1cccc(OCCCCCO)c1.CCCOc1cccc(OCCCCCOCc2ccccc2)c1.CCCOc1cccc(OCCO)c1. The van der Waals surface area contributed by atoms with Gasteiger partial charge < -0.3 is 57.7 Å². The fraction of sp³-hybridized carbons (Fsp3) is 0.492. The maximum Gasteiger partial charge on any atom is 0.222 e. The zero-order valence-corrected chi connectivity index (χ0v) is 45.5. The van der Waals surface area contributed by atoms with Crippen molar-refractivity contribution < 1.29 is 57.6 Å². The number of rotatable bonds is 35. The third-order valence-electron chi connectivity index (χ3n) is 10.2. The van der Waals surface area contributed by atoms with Crippen LogP contribution in [0.5, 0.6) is 46.0 Å². The Kier molecular flexibility index (Phi) is 38.3. The molecule has 0 spiro atoms. The lowest BCUT2D eigenvalue weighted by Gasteiger charge is -2.11. The number of aliphatic hydroxyl groups excluding tert-OH is 2. The molecule has 0 aliphatic carbocycles. The molecular formula is C61H89NO12. The zero-order valence-electron chi connectivity index (χ0n) is 45.5. The van der Waals surface area contributed by atoms with Crippen molar-refractivity contribution in [2.75, 3.05) is 86.8 Å². The van der Waals surface area contributed by atoms with Crippen molar-refractivity contribution in [2.45, 2.75) is 111 Å². The molecule has 1 amide bonds. The summed E-state index contributed by atoms with van der Waals surface area (Å²) in [6.07, 6.45) is 11.3. The van der Waals surface area contributed by atoms with E-state index in [0.29, 0.717) is 46.1 Å². The lowest BCUT2D eigenvalue weighted by Crippen LogP contribution is -2.21. The van der Waals surface area contributed by atoms with Gasteiger partial charge in [0.2, 0.25) is 5.91 Å². The van der Waals surface area contributed by atoms with Gasteiger partial charge in [0.15, 0.2) is 0 Å². The highest BCUT2D eigenvalue weighted by atomic mass is 16.5. The number of carbonyl (C=O) groups is 1. The van der Waals surface area contributed by atoms with Crippen LogP contribution in [-0.4, -0.2) is 108 Å². The lowest BCUT2D eigenvalue weighted by molar-refractivity contribution is -0.128. The number of carbonyl (C=O) groups excluding carboxylic acids is 1. The molecule has 5 rings (SSSR count). The first-order valence-electron chi connectivity index (χ1n) is 26.7. The number of benzene rings is 5. The summed E-state index contributed by atoms with van der Waals surface area (Å²) in [4.78, 5) is 13.0. The van der Waals surface area contributed by atoms with Crippen molar-refractivity contribution in [1.82, 2.24) is 4.90 Å². The van der Waals surface area contributed by atoms with Crippen molar-refractivity contribution in [3.63, 3.8) is 0 Å². The maximum absolute atomic E-state index is 11.4. The molecule has 2 N–H and O–H groups in total. The molecule has 0 heterocycles. The number of nitrogens with zero attached hydrogens (tertiary/aromatic N) is 1. The van der Waals surface area contributed by atoms with Gasteiger partial charge in [-0.25, -0.2) is 0 Å². The third kappa shape index (κ3) is 33.6. The molecule has 13 nitrogen and oxygen atoms in total. The van der Waals surface area contributed by atoms with Gasteiger partial charge >= 0.3 is 0 Å². The molecule has 0 saturated heterocycles. The van der Waals surface area contributed by atoms with Gasteiger partial charge in [0.05, 0.1) is 59.5 Å². The molecule has 0 aliphatic heterocycles. The summed E-state index contributed by atoms with van der Waals surface area (Å²) in [6.45, 7) is 15.3. The van der Waals surface area contributed by atoms with E-state index >= 15 is 0 Å². The average molecular weight is 1030 g/mol. The minimum absolute atomic E-state index is 0.0278. The minimum atomic E-state index is 0.0278. The van der Waals surface area contributed by atoms with Crippen LogP contribution in [0, 0.1) is 0 Å². The molecule has 0 fully saturated rings. The average Bonchev–Trinajstić information content (AvgIpc) is 3.43. The number of ether oxygens (including phenoxy) is 9. The molecule has 0 aliphatic rings. The number of unbranched alkanes of at least 4 members (excludes halogenated alkanes) is 4. The lowest BCUT2D eigenvalue weighted by atomic mass is 10.2. The summed E-state index contributed by atoms with van der Waals surface area (Å²) >= 11 is 0. The van der Waals surface area contributed by atoms with Crippen LogP contribution in [0.3, 0.4) is 0 Å². The van der Waals surface area contributed by atoms with Gasteiger partial charge in [-0.2, -0.15) is 0 Å². The second kappa shape index (κ2) is 44.3. The second-order valence-corrected chi connectivity index (χ2v) is 17.2. The fourth-order valence-corrected chi connectivity index (χ4v) is 6.31. The van der Waals surface area contributed by atoms with E-state index in [9.17, 15) is 4.79 Å². The topological polar surface area (TPSA) is 144 Å². The first-order chi connectivity index (χ1) is 36.2. The molecule has 0 radical (unpaired) electrons. The van der Waals surface area contributed by atoms with E-state index in [2.05, 4.69) is 39.8 Å². The van der Waals surface area contributed by atoms with E-state index in [1.165, 1.54) is 5.56 Å². The van der Waals surface area contributed by atoms with Gasteiger partial charge in [-0.3, -0.25) is 4.79 Å². The summed E-state index contributed by atoms with van der Waals surface area (Å²) < 4.78 is 50.0. The van der Waals surface area contributed by atoms with Gasteiger partial charge in [-0.1, -0.05) is 82.3 Å². The van der Waals surface area contributed by atoms with Gasteiger partial charge in [-0.05, 0) is 125 Å². The van der Waals surface area contributed by atoms with Crippen molar-refractivity contribution in [3.05, 3.63) is 133 Å². The minimum Gasteiger partial charge on any atom is -0.493 e. The molecular weight excluding hydrogens is 939 g/mol. The highest BCUT2D eigenvalue weighted by Gasteiger charge is 2.05. The monoisotopic (exact) mass is 1030 g/mol. The molecule has 5 aromatic rings. The maximum atomic E-state index is 11.4. The predicted molar refractivity (Wildman–Crippen MR) is 297 cm³/mol. The summed E-state index contributed by atoms with van der Waals surface area (Å²) in [5.41, 5.74) is 1.23. The Morgan fingerprint density at radius 2 is 0.716 bits per heavy atom. The Morgan fingerprint density at radius 3 is 1.07 bits per heavy atom. The van der Waals surface area contributed by atoms with E-state index in [4.69, 9.17) is 52.8 Å². The normalized spacial score (nSPS) is 10.2. The number of hydrogen-bond donors (Lipinski definition) is 2.